The van der Waals surface area contributed by atoms with Gasteiger partial charge in [0.1, 0.15) is 11.7 Å². The summed E-state index contributed by atoms with van der Waals surface area (Å²) in [4.78, 5) is 0.560. The zero-order valence-electron chi connectivity index (χ0n) is 8.23. The Labute approximate surface area is 93.4 Å². The van der Waals surface area contributed by atoms with Crippen molar-refractivity contribution in [3.63, 3.8) is 0 Å². The summed E-state index contributed by atoms with van der Waals surface area (Å²) in [6, 6.07) is 5.91. The van der Waals surface area contributed by atoms with Crippen LogP contribution in [0.25, 0.3) is 0 Å². The van der Waals surface area contributed by atoms with E-state index in [0.717, 1.165) is 11.3 Å². The highest BCUT2D eigenvalue weighted by Gasteiger charge is 2.32. The van der Waals surface area contributed by atoms with Crippen LogP contribution in [0.5, 0.6) is 0 Å². The summed E-state index contributed by atoms with van der Waals surface area (Å²) in [6.07, 6.45) is 3.45. The number of nitriles is 1. The van der Waals surface area contributed by atoms with Crippen molar-refractivity contribution in [3.8, 4) is 6.07 Å². The second-order valence-corrected chi connectivity index (χ2v) is 3.94. The van der Waals surface area contributed by atoms with Crippen LogP contribution in [0, 0.1) is 17.2 Å². The van der Waals surface area contributed by atoms with Crippen molar-refractivity contribution >= 4 is 17.2 Å². The Morgan fingerprint density at radius 1 is 1.60 bits per heavy atom. The van der Waals surface area contributed by atoms with E-state index < -0.39 is 0 Å². The number of hydrogen-bond donors (Lipinski definition) is 1. The highest BCUT2D eigenvalue weighted by molar-refractivity contribution is 7.80. The average molecular weight is 218 g/mol. The van der Waals surface area contributed by atoms with Crippen molar-refractivity contribution in [3.05, 3.63) is 35.9 Å². The number of nitrogens with one attached hydrogen (secondary N) is 1. The number of allylic oxidation sites excluding steroid dienone is 1. The van der Waals surface area contributed by atoms with Gasteiger partial charge in [0.2, 0.25) is 0 Å². The lowest BCUT2D eigenvalue weighted by Gasteiger charge is -2.26. The van der Waals surface area contributed by atoms with E-state index in [1.807, 2.05) is 25.3 Å². The topological polar surface area (TPSA) is 49.0 Å². The van der Waals surface area contributed by atoms with Crippen molar-refractivity contribution in [1.29, 1.82) is 5.26 Å². The van der Waals surface area contributed by atoms with Crippen LogP contribution >= 0.6 is 12.2 Å². The van der Waals surface area contributed by atoms with E-state index in [2.05, 4.69) is 11.4 Å². The summed E-state index contributed by atoms with van der Waals surface area (Å²) >= 11 is 5.11. The fourth-order valence-corrected chi connectivity index (χ4v) is 2.02. The molecule has 0 saturated carbocycles. The highest BCUT2D eigenvalue weighted by Crippen LogP contribution is 2.34. The zero-order chi connectivity index (χ0) is 10.8. The van der Waals surface area contributed by atoms with Gasteiger partial charge in [0, 0.05) is 6.20 Å². The van der Waals surface area contributed by atoms with E-state index in [1.54, 1.807) is 6.26 Å². The van der Waals surface area contributed by atoms with Gasteiger partial charge in [-0.3, -0.25) is 0 Å². The Bertz CT molecular complexity index is 442. The Hall–Kier alpha value is -1.60. The SMILES string of the molecule is CC1=CNC(=S)C(C#N)C1c1ccco1. The predicted octanol–water partition coefficient (Wildman–Crippen LogP) is 2.34. The number of furan rings is 1. The molecule has 4 heteroatoms. The minimum absolute atomic E-state index is 0.0567. The van der Waals surface area contributed by atoms with Gasteiger partial charge in [-0.15, -0.1) is 0 Å². The maximum absolute atomic E-state index is 9.10. The van der Waals surface area contributed by atoms with Gasteiger partial charge in [-0.2, -0.15) is 5.26 Å². The van der Waals surface area contributed by atoms with Gasteiger partial charge >= 0.3 is 0 Å². The molecule has 1 aromatic heterocycles. The van der Waals surface area contributed by atoms with Gasteiger partial charge < -0.3 is 9.73 Å². The van der Waals surface area contributed by atoms with Gasteiger partial charge in [-0.05, 0) is 24.6 Å². The Morgan fingerprint density at radius 3 is 3.00 bits per heavy atom. The molecule has 2 atom stereocenters. The molecule has 1 aliphatic heterocycles. The number of hydrogen-bond acceptors (Lipinski definition) is 3. The monoisotopic (exact) mass is 218 g/mol. The van der Waals surface area contributed by atoms with Gasteiger partial charge in [-0.25, -0.2) is 0 Å². The molecule has 1 aliphatic rings. The number of rotatable bonds is 1. The molecule has 0 amide bonds. The molecule has 0 fully saturated rings. The summed E-state index contributed by atoms with van der Waals surface area (Å²) in [5.41, 5.74) is 1.06. The van der Waals surface area contributed by atoms with Crippen molar-refractivity contribution in [1.82, 2.24) is 5.32 Å². The van der Waals surface area contributed by atoms with Crippen molar-refractivity contribution in [2.45, 2.75) is 12.8 Å². The second kappa shape index (κ2) is 3.87. The summed E-state index contributed by atoms with van der Waals surface area (Å²) in [5.74, 6) is 0.397. The third kappa shape index (κ3) is 1.66. The molecule has 0 radical (unpaired) electrons. The molecule has 2 rings (SSSR count). The summed E-state index contributed by atoms with van der Waals surface area (Å²) in [7, 11) is 0. The van der Waals surface area contributed by atoms with Gasteiger partial charge in [0.25, 0.3) is 0 Å². The van der Waals surface area contributed by atoms with E-state index >= 15 is 0 Å². The third-order valence-electron chi connectivity index (χ3n) is 2.54. The van der Waals surface area contributed by atoms with E-state index in [0.29, 0.717) is 4.99 Å². The van der Waals surface area contributed by atoms with Crippen LogP contribution in [0.15, 0.2) is 34.6 Å². The summed E-state index contributed by atoms with van der Waals surface area (Å²) in [5, 5.41) is 12.0. The maximum atomic E-state index is 9.10. The van der Waals surface area contributed by atoms with Gasteiger partial charge in [0.15, 0.2) is 0 Å². The molecule has 0 bridgehead atoms. The zero-order valence-corrected chi connectivity index (χ0v) is 9.04. The van der Waals surface area contributed by atoms with Crippen LogP contribution in [0.1, 0.15) is 18.6 Å². The Morgan fingerprint density at radius 2 is 2.40 bits per heavy atom. The van der Waals surface area contributed by atoms with E-state index in [-0.39, 0.29) is 11.8 Å². The normalized spacial score (nSPS) is 25.3. The van der Waals surface area contributed by atoms with Crippen LogP contribution < -0.4 is 5.32 Å². The lowest BCUT2D eigenvalue weighted by molar-refractivity contribution is 0.464. The summed E-state index contributed by atoms with van der Waals surface area (Å²) in [6.45, 7) is 1.96. The summed E-state index contributed by atoms with van der Waals surface area (Å²) < 4.78 is 5.34. The van der Waals surface area contributed by atoms with E-state index in [4.69, 9.17) is 21.9 Å². The van der Waals surface area contributed by atoms with Crippen LogP contribution in [-0.2, 0) is 0 Å². The molecule has 2 heterocycles. The molecule has 0 saturated heterocycles. The first-order chi connectivity index (χ1) is 7.24. The molecule has 76 valence electrons. The number of nitrogens with zero attached hydrogens (tertiary/aromatic N) is 1. The molecule has 0 aliphatic carbocycles. The molecule has 1 N–H and O–H groups in total. The first-order valence-electron chi connectivity index (χ1n) is 4.64. The second-order valence-electron chi connectivity index (χ2n) is 3.50. The van der Waals surface area contributed by atoms with Crippen LogP contribution in [0.3, 0.4) is 0 Å². The van der Waals surface area contributed by atoms with Crippen molar-refractivity contribution < 1.29 is 4.42 Å². The molecular weight excluding hydrogens is 208 g/mol. The molecule has 15 heavy (non-hydrogen) atoms. The van der Waals surface area contributed by atoms with E-state index in [1.165, 1.54) is 0 Å². The minimum Gasteiger partial charge on any atom is -0.469 e. The van der Waals surface area contributed by atoms with Gasteiger partial charge in [-0.1, -0.05) is 12.2 Å². The van der Waals surface area contributed by atoms with Crippen LogP contribution in [0.2, 0.25) is 0 Å². The molecule has 0 spiro atoms. The third-order valence-corrected chi connectivity index (χ3v) is 2.91. The van der Waals surface area contributed by atoms with Gasteiger partial charge in [0.05, 0.1) is 23.2 Å². The average Bonchev–Trinajstić information content (AvgIpc) is 2.74. The quantitative estimate of drug-likeness (QED) is 0.735. The van der Waals surface area contributed by atoms with E-state index in [9.17, 15) is 0 Å². The largest absolute Gasteiger partial charge is 0.469 e. The molecule has 0 aromatic carbocycles. The molecular formula is C11H10N2OS. The molecule has 2 unspecified atom stereocenters. The smallest absolute Gasteiger partial charge is 0.112 e. The molecule has 1 aromatic rings. The number of thiocarbonyl (C=S) groups is 1. The fourth-order valence-electron chi connectivity index (χ4n) is 1.77. The van der Waals surface area contributed by atoms with Crippen LogP contribution in [0.4, 0.5) is 0 Å². The first-order valence-corrected chi connectivity index (χ1v) is 5.05. The fraction of sp³-hybridized carbons (Fsp3) is 0.273. The first kappa shape index (κ1) is 9.94. The van der Waals surface area contributed by atoms with Crippen LogP contribution in [-0.4, -0.2) is 4.99 Å². The molecule has 3 nitrogen and oxygen atoms in total. The highest BCUT2D eigenvalue weighted by atomic mass is 32.1. The Kier molecular flexibility index (Phi) is 2.57. The standard InChI is InChI=1S/C11H10N2OS/c1-7-6-13-11(15)8(5-12)10(7)9-3-2-4-14-9/h2-4,6,8,10H,1H3,(H,13,15). The predicted molar refractivity (Wildman–Crippen MR) is 60.0 cm³/mol. The van der Waals surface area contributed by atoms with Crippen molar-refractivity contribution in [2.24, 2.45) is 5.92 Å². The van der Waals surface area contributed by atoms with Crippen molar-refractivity contribution in [2.75, 3.05) is 0 Å². The minimum atomic E-state index is -0.337. The maximum Gasteiger partial charge on any atom is 0.112 e. The lowest BCUT2D eigenvalue weighted by atomic mass is 9.83. The Balaban J connectivity index is 2.43. The lowest BCUT2D eigenvalue weighted by Crippen LogP contribution is -2.33.